The summed E-state index contributed by atoms with van der Waals surface area (Å²) in [5.74, 6) is 1.96. The number of amides is 2. The summed E-state index contributed by atoms with van der Waals surface area (Å²) in [6.45, 7) is 2.22. The summed E-state index contributed by atoms with van der Waals surface area (Å²) in [4.78, 5) is 44.3. The average Bonchev–Trinajstić information content (AvgIpc) is 3.68. The number of hydrogen-bond acceptors (Lipinski definition) is 9. The number of nitrogens with zero attached hydrogens (tertiary/aromatic N) is 5. The minimum Gasteiger partial charge on any atom is -0.497 e. The highest BCUT2D eigenvalue weighted by Gasteiger charge is 2.60. The van der Waals surface area contributed by atoms with Crippen molar-refractivity contribution in [2.75, 3.05) is 50.2 Å². The van der Waals surface area contributed by atoms with E-state index in [4.69, 9.17) is 9.47 Å². The van der Waals surface area contributed by atoms with E-state index >= 15 is 0 Å². The van der Waals surface area contributed by atoms with Crippen LogP contribution in [0.1, 0.15) is 18.0 Å². The van der Waals surface area contributed by atoms with Crippen molar-refractivity contribution in [1.82, 2.24) is 14.9 Å². The Morgan fingerprint density at radius 3 is 2.17 bits per heavy atom. The molecule has 0 bridgehead atoms. The van der Waals surface area contributed by atoms with Crippen LogP contribution in [0.25, 0.3) is 0 Å². The fraction of sp³-hybridized carbons (Fsp3) is 0.290. The molecule has 9 nitrogen and oxygen atoms in total. The van der Waals surface area contributed by atoms with Gasteiger partial charge in [0.2, 0.25) is 17.8 Å². The van der Waals surface area contributed by atoms with Gasteiger partial charge in [-0.2, -0.15) is 11.3 Å². The first-order chi connectivity index (χ1) is 20.5. The second kappa shape index (κ2) is 12.0. The van der Waals surface area contributed by atoms with Gasteiger partial charge in [0, 0.05) is 48.8 Å². The molecule has 0 radical (unpaired) electrons. The van der Waals surface area contributed by atoms with Crippen LogP contribution < -0.4 is 19.3 Å². The highest BCUT2D eigenvalue weighted by Crippen LogP contribution is 2.55. The Labute approximate surface area is 253 Å². The van der Waals surface area contributed by atoms with Gasteiger partial charge in [-0.1, -0.05) is 12.1 Å². The van der Waals surface area contributed by atoms with E-state index in [2.05, 4.69) is 14.9 Å². The fourth-order valence-corrected chi connectivity index (χ4v) is 7.75. The number of ether oxygens (including phenoxy) is 2. The van der Waals surface area contributed by atoms with E-state index in [1.54, 1.807) is 37.6 Å². The lowest BCUT2D eigenvalue weighted by molar-refractivity contribution is -0.135. The predicted molar refractivity (Wildman–Crippen MR) is 165 cm³/mol. The van der Waals surface area contributed by atoms with E-state index in [1.165, 1.54) is 23.1 Å². The molecule has 2 aliphatic rings. The summed E-state index contributed by atoms with van der Waals surface area (Å²) in [5, 5.41) is 3.92. The number of benzene rings is 2. The first-order valence-corrected chi connectivity index (χ1v) is 15.4. The van der Waals surface area contributed by atoms with Gasteiger partial charge in [-0.3, -0.25) is 9.59 Å². The van der Waals surface area contributed by atoms with Gasteiger partial charge in [0.05, 0.1) is 32.4 Å². The monoisotopic (exact) mass is 601 g/mol. The van der Waals surface area contributed by atoms with Crippen LogP contribution in [0.15, 0.2) is 88.7 Å². The van der Waals surface area contributed by atoms with Gasteiger partial charge in [-0.15, -0.1) is 11.8 Å². The third kappa shape index (κ3) is 5.30. The Morgan fingerprint density at radius 1 is 0.929 bits per heavy atom. The number of anilines is 2. The van der Waals surface area contributed by atoms with Crippen LogP contribution in [0.2, 0.25) is 0 Å². The predicted octanol–water partition coefficient (Wildman–Crippen LogP) is 4.91. The number of aromatic nitrogens is 2. The quantitative estimate of drug-likeness (QED) is 0.282. The molecule has 42 heavy (non-hydrogen) atoms. The second-order valence-electron chi connectivity index (χ2n) is 10.1. The summed E-state index contributed by atoms with van der Waals surface area (Å²) < 4.78 is 9.68. The largest absolute Gasteiger partial charge is 0.497 e. The first-order valence-electron chi connectivity index (χ1n) is 13.6. The maximum Gasteiger partial charge on any atom is 0.242 e. The number of thioether (sulfide) groups is 1. The van der Waals surface area contributed by atoms with Crippen LogP contribution in [0.4, 0.5) is 11.6 Å². The molecule has 0 saturated carbocycles. The maximum atomic E-state index is 14.9. The van der Waals surface area contributed by atoms with Crippen molar-refractivity contribution >= 4 is 46.5 Å². The number of piperazine rings is 1. The lowest BCUT2D eigenvalue weighted by Gasteiger charge is -2.42. The molecule has 11 heteroatoms. The Bertz CT molecular complexity index is 1510. The molecule has 6 rings (SSSR count). The van der Waals surface area contributed by atoms with Crippen molar-refractivity contribution in [2.24, 2.45) is 0 Å². The van der Waals surface area contributed by atoms with Gasteiger partial charge in [0.25, 0.3) is 0 Å². The molecular weight excluding hydrogens is 571 g/mol. The number of thiophene rings is 1. The molecule has 2 saturated heterocycles. The number of carbonyl (C=O) groups is 2. The zero-order valence-corrected chi connectivity index (χ0v) is 25.0. The Kier molecular flexibility index (Phi) is 8.03. The van der Waals surface area contributed by atoms with Crippen LogP contribution in [0, 0.1) is 0 Å². The van der Waals surface area contributed by atoms with Crippen LogP contribution in [0.5, 0.6) is 11.5 Å². The molecule has 4 heterocycles. The van der Waals surface area contributed by atoms with E-state index in [0.29, 0.717) is 37.9 Å². The summed E-state index contributed by atoms with van der Waals surface area (Å²) in [7, 11) is 3.25. The Morgan fingerprint density at radius 2 is 1.57 bits per heavy atom. The highest BCUT2D eigenvalue weighted by atomic mass is 32.2. The van der Waals surface area contributed by atoms with Crippen molar-refractivity contribution in [1.29, 1.82) is 0 Å². The Hall–Kier alpha value is -4.09. The number of rotatable bonds is 8. The second-order valence-corrected chi connectivity index (χ2v) is 12.3. The number of hydrogen-bond donors (Lipinski definition) is 0. The maximum absolute atomic E-state index is 14.9. The van der Waals surface area contributed by atoms with E-state index in [9.17, 15) is 9.59 Å². The molecule has 2 aromatic carbocycles. The highest BCUT2D eigenvalue weighted by molar-refractivity contribution is 8.01. The zero-order chi connectivity index (χ0) is 29.1. The zero-order valence-electron chi connectivity index (χ0n) is 23.4. The molecule has 2 aliphatic heterocycles. The third-order valence-electron chi connectivity index (χ3n) is 7.72. The van der Waals surface area contributed by atoms with Crippen LogP contribution in [0.3, 0.4) is 0 Å². The summed E-state index contributed by atoms with van der Waals surface area (Å²) in [6.07, 6.45) is 3.52. The molecular formula is C31H31N5O4S2. The SMILES string of the molecule is COc1ccc(S[C@]2(C(=O)N3CCN(c4ncccn4)CC3)CC(=O)N(c3ccsc3)[C@@H]2c2ccc(OC)cc2)cc1. The first kappa shape index (κ1) is 28.0. The van der Waals surface area contributed by atoms with Gasteiger partial charge in [-0.05, 0) is 59.5 Å². The van der Waals surface area contributed by atoms with Gasteiger partial charge < -0.3 is 24.2 Å². The normalized spacial score (nSPS) is 20.6. The molecule has 0 spiro atoms. The van der Waals surface area contributed by atoms with Gasteiger partial charge in [0.1, 0.15) is 16.2 Å². The van der Waals surface area contributed by atoms with Crippen molar-refractivity contribution < 1.29 is 19.1 Å². The molecule has 4 aromatic rings. The van der Waals surface area contributed by atoms with Crippen molar-refractivity contribution in [3.63, 3.8) is 0 Å². The fourth-order valence-electron chi connectivity index (χ4n) is 5.66. The van der Waals surface area contributed by atoms with E-state index in [-0.39, 0.29) is 18.2 Å². The summed E-state index contributed by atoms with van der Waals surface area (Å²) in [5.41, 5.74) is 1.67. The van der Waals surface area contributed by atoms with E-state index in [1.807, 2.05) is 70.3 Å². The number of carbonyl (C=O) groups excluding carboxylic acids is 2. The molecule has 0 N–H and O–H groups in total. The standard InChI is InChI=1S/C31H31N5O4S2/c1-39-24-6-4-22(5-7-24)28-31(42-26-10-8-25(40-2)9-11-26,20-27(37)36(28)23-12-19-41-21-23)29(38)34-15-17-35(18-16-34)30-32-13-3-14-33-30/h3-14,19,21,28H,15-18,20H2,1-2H3/t28-,31-/m1/s1. The van der Waals surface area contributed by atoms with Crippen molar-refractivity contribution in [3.8, 4) is 11.5 Å². The van der Waals surface area contributed by atoms with Gasteiger partial charge in [-0.25, -0.2) is 9.97 Å². The van der Waals surface area contributed by atoms with Crippen LogP contribution >= 0.6 is 23.1 Å². The summed E-state index contributed by atoms with van der Waals surface area (Å²) in [6, 6.07) is 18.6. The molecule has 0 unspecified atom stereocenters. The Balaban J connectivity index is 1.41. The topological polar surface area (TPSA) is 88.1 Å². The molecule has 2 aromatic heterocycles. The smallest absolute Gasteiger partial charge is 0.242 e. The van der Waals surface area contributed by atoms with E-state index < -0.39 is 10.8 Å². The van der Waals surface area contributed by atoms with Crippen LogP contribution in [-0.4, -0.2) is 71.8 Å². The third-order valence-corrected chi connectivity index (χ3v) is 9.81. The minimum atomic E-state index is -1.12. The number of methoxy groups -OCH3 is 2. The van der Waals surface area contributed by atoms with Gasteiger partial charge in [0.15, 0.2) is 0 Å². The average molecular weight is 602 g/mol. The minimum absolute atomic E-state index is 0.0520. The molecule has 2 atom stereocenters. The van der Waals surface area contributed by atoms with Crippen molar-refractivity contribution in [2.45, 2.75) is 22.1 Å². The molecule has 216 valence electrons. The lowest BCUT2D eigenvalue weighted by atomic mass is 9.90. The lowest BCUT2D eigenvalue weighted by Crippen LogP contribution is -2.56. The van der Waals surface area contributed by atoms with Crippen molar-refractivity contribution in [3.05, 3.63) is 89.4 Å². The molecule has 2 amide bonds. The molecule has 0 aliphatic carbocycles. The summed E-state index contributed by atoms with van der Waals surface area (Å²) >= 11 is 2.99. The van der Waals surface area contributed by atoms with E-state index in [0.717, 1.165) is 21.9 Å². The van der Waals surface area contributed by atoms with Crippen LogP contribution in [-0.2, 0) is 9.59 Å². The van der Waals surface area contributed by atoms with Gasteiger partial charge >= 0.3 is 0 Å². The molecule has 2 fully saturated rings.